The van der Waals surface area contributed by atoms with Gasteiger partial charge in [0, 0.05) is 29.6 Å². The summed E-state index contributed by atoms with van der Waals surface area (Å²) in [5.74, 6) is 0. The Bertz CT molecular complexity index is 1330. The SMILES string of the molecule is Cc1nn2c(=O)cc(-c3cnccc3C(F)(F)F)[nH]c2c1-c1ccc(C(F)(F)F)cc1. The Labute approximate surface area is 170 Å². The van der Waals surface area contributed by atoms with Gasteiger partial charge in [0.05, 0.1) is 22.5 Å². The molecule has 0 radical (unpaired) electrons. The highest BCUT2D eigenvalue weighted by Gasteiger charge is 2.34. The molecule has 3 aromatic heterocycles. The van der Waals surface area contributed by atoms with Crippen LogP contribution in [0.3, 0.4) is 0 Å². The lowest BCUT2D eigenvalue weighted by Crippen LogP contribution is -2.16. The molecule has 0 fully saturated rings. The number of rotatable bonds is 2. The molecule has 0 atom stereocenters. The maximum absolute atomic E-state index is 13.4. The van der Waals surface area contributed by atoms with Crippen molar-refractivity contribution in [3.63, 3.8) is 0 Å². The Morgan fingerprint density at radius 3 is 2.26 bits per heavy atom. The van der Waals surface area contributed by atoms with Crippen LogP contribution in [0.25, 0.3) is 28.0 Å². The third-order valence-electron chi connectivity index (χ3n) is 4.71. The minimum Gasteiger partial charge on any atom is -0.339 e. The van der Waals surface area contributed by atoms with E-state index in [1.54, 1.807) is 0 Å². The lowest BCUT2D eigenvalue weighted by molar-refractivity contribution is -0.138. The third kappa shape index (κ3) is 3.66. The highest BCUT2D eigenvalue weighted by molar-refractivity contribution is 5.81. The van der Waals surface area contributed by atoms with Gasteiger partial charge >= 0.3 is 12.4 Å². The topological polar surface area (TPSA) is 63.1 Å². The van der Waals surface area contributed by atoms with Crippen LogP contribution >= 0.6 is 0 Å². The van der Waals surface area contributed by atoms with Gasteiger partial charge in [-0.15, -0.1) is 0 Å². The Kier molecular flexibility index (Phi) is 4.64. The third-order valence-corrected chi connectivity index (χ3v) is 4.71. The molecule has 0 aliphatic heterocycles. The van der Waals surface area contributed by atoms with Crippen molar-refractivity contribution in [2.24, 2.45) is 0 Å². The van der Waals surface area contributed by atoms with Crippen molar-refractivity contribution in [2.45, 2.75) is 19.3 Å². The molecule has 11 heteroatoms. The van der Waals surface area contributed by atoms with E-state index in [-0.39, 0.29) is 16.9 Å². The molecule has 160 valence electrons. The molecule has 1 aromatic carbocycles. The number of benzene rings is 1. The maximum Gasteiger partial charge on any atom is 0.417 e. The molecule has 4 aromatic rings. The van der Waals surface area contributed by atoms with Crippen molar-refractivity contribution in [1.29, 1.82) is 0 Å². The van der Waals surface area contributed by atoms with Crippen molar-refractivity contribution in [3.8, 4) is 22.4 Å². The highest BCUT2D eigenvalue weighted by Crippen LogP contribution is 2.37. The van der Waals surface area contributed by atoms with Crippen LogP contribution in [0.4, 0.5) is 26.3 Å². The molecule has 0 aliphatic carbocycles. The van der Waals surface area contributed by atoms with Gasteiger partial charge in [0.15, 0.2) is 0 Å². The van der Waals surface area contributed by atoms with Crippen LogP contribution < -0.4 is 5.56 Å². The Morgan fingerprint density at radius 1 is 0.968 bits per heavy atom. The predicted octanol–water partition coefficient (Wildman–Crippen LogP) is 5.10. The van der Waals surface area contributed by atoms with E-state index in [9.17, 15) is 31.1 Å². The van der Waals surface area contributed by atoms with E-state index in [0.717, 1.165) is 41.2 Å². The molecule has 0 amide bonds. The van der Waals surface area contributed by atoms with Gasteiger partial charge in [-0.05, 0) is 30.7 Å². The van der Waals surface area contributed by atoms with Gasteiger partial charge in [-0.2, -0.15) is 36.0 Å². The molecule has 0 aliphatic rings. The zero-order chi connectivity index (χ0) is 22.6. The molecule has 5 nitrogen and oxygen atoms in total. The molecule has 0 unspecified atom stereocenters. The van der Waals surface area contributed by atoms with E-state index in [4.69, 9.17) is 0 Å². The average Bonchev–Trinajstić information content (AvgIpc) is 3.03. The number of hydrogen-bond donors (Lipinski definition) is 1. The summed E-state index contributed by atoms with van der Waals surface area (Å²) in [7, 11) is 0. The number of aryl methyl sites for hydroxylation is 1. The average molecular weight is 438 g/mol. The van der Waals surface area contributed by atoms with Gasteiger partial charge in [-0.1, -0.05) is 12.1 Å². The maximum atomic E-state index is 13.4. The van der Waals surface area contributed by atoms with E-state index >= 15 is 0 Å². The highest BCUT2D eigenvalue weighted by atomic mass is 19.4. The fourth-order valence-corrected chi connectivity index (χ4v) is 3.32. The summed E-state index contributed by atoms with van der Waals surface area (Å²) < 4.78 is 79.7. The van der Waals surface area contributed by atoms with E-state index in [1.165, 1.54) is 19.1 Å². The van der Waals surface area contributed by atoms with E-state index in [2.05, 4.69) is 15.1 Å². The molecule has 31 heavy (non-hydrogen) atoms. The first kappa shape index (κ1) is 20.6. The number of alkyl halides is 6. The number of H-pyrrole nitrogens is 1. The smallest absolute Gasteiger partial charge is 0.339 e. The number of fused-ring (bicyclic) bond motifs is 1. The molecule has 4 rings (SSSR count). The summed E-state index contributed by atoms with van der Waals surface area (Å²) in [5.41, 5.74) is -2.07. The van der Waals surface area contributed by atoms with Crippen molar-refractivity contribution in [3.05, 3.63) is 76.0 Å². The first-order chi connectivity index (χ1) is 14.5. The van der Waals surface area contributed by atoms with Crippen molar-refractivity contribution < 1.29 is 26.3 Å². The first-order valence-corrected chi connectivity index (χ1v) is 8.78. The molecule has 0 bridgehead atoms. The van der Waals surface area contributed by atoms with Crippen LogP contribution in [0.5, 0.6) is 0 Å². The summed E-state index contributed by atoms with van der Waals surface area (Å²) in [6.07, 6.45) is -7.25. The second-order valence-corrected chi connectivity index (χ2v) is 6.74. The Hall–Kier alpha value is -3.63. The summed E-state index contributed by atoms with van der Waals surface area (Å²) in [6, 6.07) is 5.93. The van der Waals surface area contributed by atoms with E-state index < -0.39 is 29.0 Å². The van der Waals surface area contributed by atoms with Crippen LogP contribution in [0, 0.1) is 6.92 Å². The number of aromatic amines is 1. The van der Waals surface area contributed by atoms with Crippen LogP contribution in [0.15, 0.2) is 53.6 Å². The molecule has 0 saturated heterocycles. The molecule has 0 spiro atoms. The molecule has 0 saturated carbocycles. The molecular weight excluding hydrogens is 426 g/mol. The molecule has 1 N–H and O–H groups in total. The Balaban J connectivity index is 1.94. The molecular formula is C20H12F6N4O. The minimum atomic E-state index is -4.69. The second kappa shape index (κ2) is 6.96. The Morgan fingerprint density at radius 2 is 1.65 bits per heavy atom. The number of halogens is 6. The lowest BCUT2D eigenvalue weighted by atomic mass is 10.0. The number of pyridine rings is 1. The molecule has 3 heterocycles. The normalized spacial score (nSPS) is 12.5. The number of hydrogen-bond acceptors (Lipinski definition) is 3. The number of nitrogens with zero attached hydrogens (tertiary/aromatic N) is 3. The van der Waals surface area contributed by atoms with Crippen LogP contribution in [0.2, 0.25) is 0 Å². The summed E-state index contributed by atoms with van der Waals surface area (Å²) >= 11 is 0. The zero-order valence-electron chi connectivity index (χ0n) is 15.6. The van der Waals surface area contributed by atoms with Gasteiger partial charge in [0.1, 0.15) is 5.65 Å². The summed E-state index contributed by atoms with van der Waals surface area (Å²) in [5, 5.41) is 4.08. The van der Waals surface area contributed by atoms with Crippen LogP contribution in [-0.4, -0.2) is 19.6 Å². The fraction of sp³-hybridized carbons (Fsp3) is 0.150. The second-order valence-electron chi connectivity index (χ2n) is 6.74. The van der Waals surface area contributed by atoms with Crippen molar-refractivity contribution in [1.82, 2.24) is 19.6 Å². The largest absolute Gasteiger partial charge is 0.417 e. The van der Waals surface area contributed by atoms with Crippen LogP contribution in [-0.2, 0) is 12.4 Å². The standard InChI is InChI=1S/C20H12F6N4O/c1-10-17(11-2-4-12(5-3-11)19(21,22)23)18-28-15(8-16(31)30(18)29-10)13-9-27-7-6-14(13)20(24,25)26/h2-9,28H,1H3. The summed E-state index contributed by atoms with van der Waals surface area (Å²) in [4.78, 5) is 19.0. The van der Waals surface area contributed by atoms with Crippen molar-refractivity contribution in [2.75, 3.05) is 0 Å². The van der Waals surface area contributed by atoms with E-state index in [0.29, 0.717) is 16.8 Å². The number of aromatic nitrogens is 4. The van der Waals surface area contributed by atoms with E-state index in [1.807, 2.05) is 0 Å². The van der Waals surface area contributed by atoms with Crippen molar-refractivity contribution >= 4 is 5.65 Å². The van der Waals surface area contributed by atoms with Gasteiger partial charge in [0.25, 0.3) is 5.56 Å². The number of nitrogens with one attached hydrogen (secondary N) is 1. The van der Waals surface area contributed by atoms with Crippen LogP contribution in [0.1, 0.15) is 16.8 Å². The summed E-state index contributed by atoms with van der Waals surface area (Å²) in [6.45, 7) is 1.54. The zero-order valence-corrected chi connectivity index (χ0v) is 15.6. The van der Waals surface area contributed by atoms with Gasteiger partial charge in [-0.25, -0.2) is 0 Å². The van der Waals surface area contributed by atoms with Gasteiger partial charge in [0.2, 0.25) is 0 Å². The minimum absolute atomic E-state index is 0.0525. The fourth-order valence-electron chi connectivity index (χ4n) is 3.32. The monoisotopic (exact) mass is 438 g/mol. The quantitative estimate of drug-likeness (QED) is 0.443. The lowest BCUT2D eigenvalue weighted by Gasteiger charge is -2.12. The predicted molar refractivity (Wildman–Crippen MR) is 99.2 cm³/mol. The van der Waals surface area contributed by atoms with Gasteiger partial charge in [-0.3, -0.25) is 9.78 Å². The van der Waals surface area contributed by atoms with Gasteiger partial charge < -0.3 is 4.98 Å². The first-order valence-electron chi connectivity index (χ1n) is 8.78.